The fraction of sp³-hybridized carbons (Fsp3) is 0.588. The van der Waals surface area contributed by atoms with Crippen LogP contribution in [0.4, 0.5) is 4.39 Å². The van der Waals surface area contributed by atoms with Crippen LogP contribution in [-0.4, -0.2) is 43.9 Å². The molecule has 0 unspecified atom stereocenters. The first-order valence-corrected chi connectivity index (χ1v) is 16.8. The van der Waals surface area contributed by atoms with Crippen molar-refractivity contribution in [1.82, 2.24) is 4.98 Å². The van der Waals surface area contributed by atoms with Crippen molar-refractivity contribution in [2.45, 2.75) is 123 Å². The number of aliphatic hydroxyl groups excluding tert-OH is 1. The number of carbonyl (C=O) groups is 1. The predicted octanol–water partition coefficient (Wildman–Crippen LogP) is 8.42. The minimum atomic E-state index is -2.95. The first-order chi connectivity index (χ1) is 19.5. The van der Waals surface area contributed by atoms with E-state index in [9.17, 15) is 14.3 Å². The second kappa shape index (κ2) is 13.1. The molecule has 2 atom stereocenters. The summed E-state index contributed by atoms with van der Waals surface area (Å²) in [6.45, 7) is 21.0. The molecule has 1 fully saturated rings. The molecule has 42 heavy (non-hydrogen) atoms. The van der Waals surface area contributed by atoms with Gasteiger partial charge < -0.3 is 18.7 Å². The molecule has 0 saturated carbocycles. The minimum absolute atomic E-state index is 0.0879. The van der Waals surface area contributed by atoms with Gasteiger partial charge in [-0.05, 0) is 35.1 Å². The van der Waals surface area contributed by atoms with E-state index in [-0.39, 0.29) is 58.9 Å². The Balaban J connectivity index is 2.25. The molecule has 1 aliphatic heterocycles. The van der Waals surface area contributed by atoms with Gasteiger partial charge in [0, 0.05) is 33.3 Å². The summed E-state index contributed by atoms with van der Waals surface area (Å²) >= 11 is 0. The number of benzene rings is 1. The summed E-state index contributed by atoms with van der Waals surface area (Å²) < 4.78 is 32.8. The largest absolute Gasteiger partial charge is 0.469 e. The molecular weight excluding hydrogens is 549 g/mol. The number of pyridine rings is 1. The molecule has 1 aromatic heterocycles. The summed E-state index contributed by atoms with van der Waals surface area (Å²) in [5.74, 6) is -0.446. The molecule has 6 nitrogen and oxygen atoms in total. The second-order valence-electron chi connectivity index (χ2n) is 14.0. The van der Waals surface area contributed by atoms with E-state index in [4.69, 9.17) is 18.6 Å². The Morgan fingerprint density at radius 3 is 2.10 bits per heavy atom. The summed E-state index contributed by atoms with van der Waals surface area (Å²) in [5, 5.41) is 10.0. The second-order valence-corrected chi connectivity index (χ2v) is 18.7. The van der Waals surface area contributed by atoms with Gasteiger partial charge in [0.05, 0.1) is 38.0 Å². The van der Waals surface area contributed by atoms with E-state index in [1.165, 1.54) is 19.2 Å². The predicted molar refractivity (Wildman–Crippen MR) is 169 cm³/mol. The van der Waals surface area contributed by atoms with Gasteiger partial charge in [0.2, 0.25) is 0 Å². The van der Waals surface area contributed by atoms with Gasteiger partial charge in [-0.1, -0.05) is 93.5 Å². The van der Waals surface area contributed by atoms with E-state index in [1.807, 2.05) is 6.08 Å². The molecule has 0 spiro atoms. The van der Waals surface area contributed by atoms with Crippen molar-refractivity contribution >= 4 is 20.6 Å². The van der Waals surface area contributed by atoms with Gasteiger partial charge >= 0.3 is 14.5 Å². The van der Waals surface area contributed by atoms with Crippen LogP contribution in [0.2, 0.25) is 10.1 Å². The Kier molecular flexibility index (Phi) is 10.6. The zero-order chi connectivity index (χ0) is 31.6. The van der Waals surface area contributed by atoms with Gasteiger partial charge in [0.15, 0.2) is 0 Å². The van der Waals surface area contributed by atoms with E-state index in [2.05, 4.69) is 75.3 Å². The van der Waals surface area contributed by atoms with E-state index in [0.29, 0.717) is 6.42 Å². The zero-order valence-electron chi connectivity index (χ0n) is 27.3. The first kappa shape index (κ1) is 34.1. The summed E-state index contributed by atoms with van der Waals surface area (Å²) in [7, 11) is -1.55. The van der Waals surface area contributed by atoms with Gasteiger partial charge in [-0.3, -0.25) is 9.78 Å². The molecule has 0 aliphatic carbocycles. The molecule has 1 aromatic carbocycles. The number of hydrogen-bond donors (Lipinski definition) is 1. The van der Waals surface area contributed by atoms with Gasteiger partial charge in [-0.15, -0.1) is 0 Å². The van der Waals surface area contributed by atoms with Crippen LogP contribution in [0.3, 0.4) is 0 Å². The van der Waals surface area contributed by atoms with Crippen LogP contribution in [-0.2, 0) is 25.0 Å². The van der Waals surface area contributed by atoms with Crippen molar-refractivity contribution in [2.24, 2.45) is 0 Å². The van der Waals surface area contributed by atoms with E-state index in [0.717, 1.165) is 33.6 Å². The van der Waals surface area contributed by atoms with Crippen molar-refractivity contribution < 1.29 is 27.9 Å². The molecule has 1 N–H and O–H groups in total. The summed E-state index contributed by atoms with van der Waals surface area (Å²) in [5.41, 5.74) is 5.03. The van der Waals surface area contributed by atoms with Gasteiger partial charge in [-0.25, -0.2) is 4.39 Å². The SMILES string of the molecule is COC(=O)C[C@H]1C[C@@H](/C=C/c2c(C(C)C)nc(C(C)C)c(CO)c2-c2ccc(F)cc2)O[Si](C(C)(C)C)(C(C)(C)C)O1. The number of hydrogen-bond acceptors (Lipinski definition) is 6. The third-order valence-corrected chi connectivity index (χ3v) is 13.3. The number of nitrogens with zero attached hydrogens (tertiary/aromatic N) is 1. The highest BCUT2D eigenvalue weighted by Crippen LogP contribution is 2.55. The van der Waals surface area contributed by atoms with E-state index >= 15 is 0 Å². The lowest BCUT2D eigenvalue weighted by atomic mass is 9.87. The monoisotopic (exact) mass is 599 g/mol. The molecule has 0 radical (unpaired) electrons. The van der Waals surface area contributed by atoms with Gasteiger partial charge in [0.25, 0.3) is 0 Å². The van der Waals surface area contributed by atoms with Crippen LogP contribution in [0.15, 0.2) is 30.3 Å². The number of ether oxygens (including phenoxy) is 1. The number of rotatable bonds is 8. The highest BCUT2D eigenvalue weighted by Gasteiger charge is 2.62. The van der Waals surface area contributed by atoms with Crippen LogP contribution in [0, 0.1) is 5.82 Å². The van der Waals surface area contributed by atoms with E-state index < -0.39 is 8.56 Å². The Morgan fingerprint density at radius 1 is 1.05 bits per heavy atom. The lowest BCUT2D eigenvalue weighted by molar-refractivity contribution is -0.144. The van der Waals surface area contributed by atoms with Crippen LogP contribution in [0.1, 0.15) is 116 Å². The van der Waals surface area contributed by atoms with Crippen molar-refractivity contribution in [2.75, 3.05) is 7.11 Å². The lowest BCUT2D eigenvalue weighted by Crippen LogP contribution is -2.63. The van der Waals surface area contributed by atoms with Crippen molar-refractivity contribution in [3.05, 3.63) is 58.7 Å². The van der Waals surface area contributed by atoms with Gasteiger partial charge in [-0.2, -0.15) is 0 Å². The Hall–Kier alpha value is -2.39. The number of aliphatic hydroxyl groups is 1. The van der Waals surface area contributed by atoms with Crippen molar-refractivity contribution in [3.8, 4) is 11.1 Å². The number of aromatic nitrogens is 1. The summed E-state index contributed by atoms with van der Waals surface area (Å²) in [4.78, 5) is 17.5. The number of carbonyl (C=O) groups excluding carboxylic acids is 1. The molecule has 0 amide bonds. The average Bonchev–Trinajstić information content (AvgIpc) is 2.89. The first-order valence-electron chi connectivity index (χ1n) is 15.0. The fourth-order valence-corrected chi connectivity index (χ4v) is 11.2. The topological polar surface area (TPSA) is 77.9 Å². The van der Waals surface area contributed by atoms with Crippen LogP contribution < -0.4 is 0 Å². The smallest absolute Gasteiger partial charge is 0.350 e. The van der Waals surface area contributed by atoms with Crippen LogP contribution >= 0.6 is 0 Å². The molecule has 2 aromatic rings. The van der Waals surface area contributed by atoms with E-state index in [1.54, 1.807) is 12.1 Å². The minimum Gasteiger partial charge on any atom is -0.469 e. The maximum atomic E-state index is 14.0. The Morgan fingerprint density at radius 2 is 1.62 bits per heavy atom. The Bertz CT molecular complexity index is 1260. The van der Waals surface area contributed by atoms with Crippen molar-refractivity contribution in [1.29, 1.82) is 0 Å². The molecule has 1 saturated heterocycles. The molecule has 8 heteroatoms. The lowest BCUT2D eigenvalue weighted by Gasteiger charge is -2.54. The van der Waals surface area contributed by atoms with Crippen LogP contribution in [0.25, 0.3) is 17.2 Å². The number of esters is 1. The van der Waals surface area contributed by atoms with Crippen LogP contribution in [0.5, 0.6) is 0 Å². The Labute approximate surface area is 252 Å². The third-order valence-electron chi connectivity index (χ3n) is 8.00. The number of halogens is 1. The normalized spacial score (nSPS) is 19.6. The average molecular weight is 600 g/mol. The fourth-order valence-electron chi connectivity index (χ4n) is 6.25. The van der Waals surface area contributed by atoms with Crippen molar-refractivity contribution in [3.63, 3.8) is 0 Å². The standard InChI is InChI=1S/C34H50FNO5Si/c1-21(2)31-27(30(23-12-14-24(35)15-13-23)28(20-37)32(36-31)22(3)4)17-16-25-18-26(19-29(38)39-11)41-42(40-25,33(5,6)7)34(8,9)10/h12-17,21-22,25-26,37H,18-20H2,1-11H3/b17-16+/t25-,26-/m1/s1. The maximum Gasteiger partial charge on any atom is 0.350 e. The highest BCUT2D eigenvalue weighted by molar-refractivity contribution is 6.73. The molecule has 1 aliphatic rings. The molecule has 0 bridgehead atoms. The molecular formula is C34H50FNO5Si. The maximum absolute atomic E-state index is 14.0. The quantitative estimate of drug-likeness (QED) is 0.242. The zero-order valence-corrected chi connectivity index (χ0v) is 28.3. The molecule has 2 heterocycles. The summed E-state index contributed by atoms with van der Waals surface area (Å²) in [6, 6.07) is 6.40. The molecule has 232 valence electrons. The summed E-state index contributed by atoms with van der Waals surface area (Å²) in [6.07, 6.45) is 4.09. The molecule has 3 rings (SSSR count). The van der Waals surface area contributed by atoms with Gasteiger partial charge in [0.1, 0.15) is 5.82 Å². The highest BCUT2D eigenvalue weighted by atomic mass is 28.4. The number of methoxy groups -OCH3 is 1. The third kappa shape index (κ3) is 7.04.